The van der Waals surface area contributed by atoms with Gasteiger partial charge in [0.2, 0.25) is 0 Å². The van der Waals surface area contributed by atoms with Gasteiger partial charge < -0.3 is 10.5 Å². The molecule has 1 aliphatic heterocycles. The molecular formula is C21H17N3O3. The Labute approximate surface area is 156 Å². The van der Waals surface area contributed by atoms with E-state index < -0.39 is 18.1 Å². The lowest BCUT2D eigenvalue weighted by Crippen LogP contribution is -2.32. The van der Waals surface area contributed by atoms with E-state index >= 15 is 0 Å². The van der Waals surface area contributed by atoms with Gasteiger partial charge in [-0.05, 0) is 29.8 Å². The van der Waals surface area contributed by atoms with Crippen LogP contribution in [0.4, 0.5) is 16.2 Å². The van der Waals surface area contributed by atoms with Crippen LogP contribution in [0.1, 0.15) is 27.7 Å². The first-order chi connectivity index (χ1) is 13.1. The molecule has 4 rings (SSSR count). The summed E-state index contributed by atoms with van der Waals surface area (Å²) in [5, 5.41) is 0. The van der Waals surface area contributed by atoms with Crippen molar-refractivity contribution in [2.75, 3.05) is 4.90 Å². The summed E-state index contributed by atoms with van der Waals surface area (Å²) >= 11 is 0. The topological polar surface area (TPSA) is 85.5 Å². The number of ether oxygens (including phenoxy) is 1. The number of hydrogen-bond acceptors (Lipinski definition) is 4. The summed E-state index contributed by atoms with van der Waals surface area (Å²) < 4.78 is 5.79. The van der Waals surface area contributed by atoms with E-state index in [0.29, 0.717) is 17.8 Å². The first kappa shape index (κ1) is 16.8. The number of amides is 2. The van der Waals surface area contributed by atoms with Crippen LogP contribution in [0.2, 0.25) is 0 Å². The van der Waals surface area contributed by atoms with Gasteiger partial charge in [0.1, 0.15) is 11.8 Å². The largest absolute Gasteiger partial charge is 0.452 e. The van der Waals surface area contributed by atoms with Crippen LogP contribution in [0.3, 0.4) is 0 Å². The fourth-order valence-electron chi connectivity index (χ4n) is 3.32. The second-order valence-electron chi connectivity index (χ2n) is 6.17. The van der Waals surface area contributed by atoms with Crippen molar-refractivity contribution in [1.82, 2.24) is 4.98 Å². The zero-order valence-electron chi connectivity index (χ0n) is 14.4. The van der Waals surface area contributed by atoms with Crippen molar-refractivity contribution < 1.29 is 14.3 Å². The lowest BCUT2D eigenvalue weighted by atomic mass is 10.0. The summed E-state index contributed by atoms with van der Waals surface area (Å²) in [4.78, 5) is 30.3. The molecule has 134 valence electrons. The van der Waals surface area contributed by atoms with Crippen LogP contribution in [0.25, 0.3) is 0 Å². The average Bonchev–Trinajstić information content (AvgIpc) is 2.83. The predicted molar refractivity (Wildman–Crippen MR) is 101 cm³/mol. The van der Waals surface area contributed by atoms with E-state index in [1.54, 1.807) is 30.5 Å². The lowest BCUT2D eigenvalue weighted by molar-refractivity contribution is 0.0293. The molecule has 2 N–H and O–H groups in total. The van der Waals surface area contributed by atoms with E-state index in [-0.39, 0.29) is 5.69 Å². The minimum atomic E-state index is -0.591. The number of anilines is 2. The molecular weight excluding hydrogens is 342 g/mol. The van der Waals surface area contributed by atoms with E-state index in [1.165, 1.54) is 4.90 Å². The highest BCUT2D eigenvalue weighted by molar-refractivity contribution is 6.00. The number of aromatic nitrogens is 1. The maximum atomic E-state index is 12.6. The van der Waals surface area contributed by atoms with Crippen molar-refractivity contribution in [3.05, 3.63) is 89.7 Å². The molecule has 1 aromatic heterocycles. The van der Waals surface area contributed by atoms with Gasteiger partial charge in [-0.3, -0.25) is 4.90 Å². The summed E-state index contributed by atoms with van der Waals surface area (Å²) in [6.07, 6.45) is 1.40. The first-order valence-corrected chi connectivity index (χ1v) is 8.53. The summed E-state index contributed by atoms with van der Waals surface area (Å²) in [6, 6.07) is 19.2. The third-order valence-electron chi connectivity index (χ3n) is 4.51. The monoisotopic (exact) mass is 359 g/mol. The quantitative estimate of drug-likeness (QED) is 0.706. The Hall–Kier alpha value is -3.67. The summed E-state index contributed by atoms with van der Waals surface area (Å²) in [6.45, 7) is 0. The van der Waals surface area contributed by atoms with E-state index in [2.05, 4.69) is 4.98 Å². The predicted octanol–water partition coefficient (Wildman–Crippen LogP) is 3.75. The molecule has 2 aromatic carbocycles. The molecule has 6 nitrogen and oxygen atoms in total. The fourth-order valence-corrected chi connectivity index (χ4v) is 3.32. The van der Waals surface area contributed by atoms with Crippen molar-refractivity contribution in [1.29, 1.82) is 0 Å². The number of carbonyl (C=O) groups is 2. The second-order valence-corrected chi connectivity index (χ2v) is 6.17. The number of benzene rings is 2. The molecule has 0 aliphatic carbocycles. The Morgan fingerprint density at radius 1 is 0.963 bits per heavy atom. The number of hydrogen-bond donors (Lipinski definition) is 1. The van der Waals surface area contributed by atoms with Crippen molar-refractivity contribution >= 4 is 23.4 Å². The normalized spacial score (nSPS) is 15.3. The number of para-hydroxylation sites is 2. The van der Waals surface area contributed by atoms with E-state index in [4.69, 9.17) is 10.5 Å². The Morgan fingerprint density at radius 2 is 1.67 bits per heavy atom. The highest BCUT2D eigenvalue weighted by atomic mass is 16.5. The molecule has 0 fully saturated rings. The third-order valence-corrected chi connectivity index (χ3v) is 4.51. The van der Waals surface area contributed by atoms with Gasteiger partial charge >= 0.3 is 12.0 Å². The maximum Gasteiger partial charge on any atom is 0.357 e. The van der Waals surface area contributed by atoms with Gasteiger partial charge in [0.15, 0.2) is 0 Å². The minimum absolute atomic E-state index is 0.235. The molecule has 2 amide bonds. The summed E-state index contributed by atoms with van der Waals surface area (Å²) in [5.74, 6) is -0.514. The number of urea groups is 1. The van der Waals surface area contributed by atoms with Crippen molar-refractivity contribution in [3.8, 4) is 0 Å². The van der Waals surface area contributed by atoms with Gasteiger partial charge in [0.25, 0.3) is 0 Å². The van der Waals surface area contributed by atoms with E-state index in [9.17, 15) is 9.59 Å². The van der Waals surface area contributed by atoms with Crippen LogP contribution < -0.4 is 10.6 Å². The Bertz CT molecular complexity index is 1000. The molecule has 2 heterocycles. The first-order valence-electron chi connectivity index (χ1n) is 8.53. The zero-order chi connectivity index (χ0) is 18.8. The lowest BCUT2D eigenvalue weighted by Gasteiger charge is -2.23. The molecule has 27 heavy (non-hydrogen) atoms. The van der Waals surface area contributed by atoms with Crippen molar-refractivity contribution in [3.63, 3.8) is 0 Å². The van der Waals surface area contributed by atoms with Crippen LogP contribution in [0.5, 0.6) is 0 Å². The van der Waals surface area contributed by atoms with Gasteiger partial charge in [-0.25, -0.2) is 14.6 Å². The number of nitrogens with zero attached hydrogens (tertiary/aromatic N) is 2. The molecule has 0 saturated heterocycles. The Morgan fingerprint density at radius 3 is 2.41 bits per heavy atom. The van der Waals surface area contributed by atoms with Crippen LogP contribution in [0.15, 0.2) is 72.9 Å². The molecule has 3 aromatic rings. The minimum Gasteiger partial charge on any atom is -0.452 e. The number of fused-ring (bicyclic) bond motifs is 2. The molecule has 0 bridgehead atoms. The molecule has 0 unspecified atom stereocenters. The highest BCUT2D eigenvalue weighted by Gasteiger charge is 2.31. The number of pyridine rings is 1. The molecule has 0 saturated carbocycles. The number of primary amides is 1. The number of rotatable bonds is 2. The van der Waals surface area contributed by atoms with Gasteiger partial charge in [-0.1, -0.05) is 42.5 Å². The number of nitrogens with two attached hydrogens (primary N) is 1. The average molecular weight is 359 g/mol. The third kappa shape index (κ3) is 3.13. The molecule has 1 atom stereocenters. The smallest absolute Gasteiger partial charge is 0.357 e. The Kier molecular flexibility index (Phi) is 4.30. The highest BCUT2D eigenvalue weighted by Crippen LogP contribution is 2.41. The van der Waals surface area contributed by atoms with Gasteiger partial charge in [0.05, 0.1) is 11.4 Å². The van der Waals surface area contributed by atoms with Gasteiger partial charge in [-0.15, -0.1) is 0 Å². The molecule has 6 heteroatoms. The number of carbonyl (C=O) groups excluding carboxylic acids is 2. The van der Waals surface area contributed by atoms with Crippen molar-refractivity contribution in [2.24, 2.45) is 5.73 Å². The second kappa shape index (κ2) is 6.92. The summed E-state index contributed by atoms with van der Waals surface area (Å²) in [7, 11) is 0. The molecule has 0 spiro atoms. The van der Waals surface area contributed by atoms with Crippen LogP contribution in [-0.2, 0) is 11.2 Å². The van der Waals surface area contributed by atoms with Crippen LogP contribution in [0, 0.1) is 0 Å². The van der Waals surface area contributed by atoms with Crippen LogP contribution >= 0.6 is 0 Å². The zero-order valence-corrected chi connectivity index (χ0v) is 14.4. The Balaban J connectivity index is 1.80. The summed E-state index contributed by atoms with van der Waals surface area (Å²) in [5.41, 5.74) is 8.79. The SMILES string of the molecule is NC(=O)N1c2ccccc2C[C@@H](OC(=O)c2ccccn2)c2ccccc21. The maximum absolute atomic E-state index is 12.6. The van der Waals surface area contributed by atoms with E-state index in [0.717, 1.165) is 11.1 Å². The molecule has 0 radical (unpaired) electrons. The number of esters is 1. The van der Waals surface area contributed by atoms with Crippen LogP contribution in [-0.4, -0.2) is 17.0 Å². The fraction of sp³-hybridized carbons (Fsp3) is 0.0952. The standard InChI is InChI=1S/C21H17N3O3/c22-21(26)24-17-10-3-1-7-14(17)13-19(15-8-2-4-11-18(15)24)27-20(25)16-9-5-6-12-23-16/h1-12,19H,13H2,(H2,22,26)/t19-/m1/s1. The molecule has 1 aliphatic rings. The van der Waals surface area contributed by atoms with Gasteiger partial charge in [-0.2, -0.15) is 0 Å². The van der Waals surface area contributed by atoms with Crippen molar-refractivity contribution in [2.45, 2.75) is 12.5 Å². The van der Waals surface area contributed by atoms with E-state index in [1.807, 2.05) is 42.5 Å². The van der Waals surface area contributed by atoms with Gasteiger partial charge in [0, 0.05) is 18.2 Å².